The van der Waals surface area contributed by atoms with Gasteiger partial charge in [-0.15, -0.1) is 0 Å². The molecule has 1 aliphatic heterocycles. The number of rotatable bonds is 8. The van der Waals surface area contributed by atoms with Crippen LogP contribution in [-0.4, -0.2) is 77.9 Å². The fourth-order valence-corrected chi connectivity index (χ4v) is 4.14. The third-order valence-corrected chi connectivity index (χ3v) is 5.81. The highest BCUT2D eigenvalue weighted by molar-refractivity contribution is 5.84. The first-order valence-corrected chi connectivity index (χ1v) is 10.9. The van der Waals surface area contributed by atoms with Crippen molar-refractivity contribution in [2.75, 3.05) is 25.1 Å². The summed E-state index contributed by atoms with van der Waals surface area (Å²) >= 11 is 0. The summed E-state index contributed by atoms with van der Waals surface area (Å²) in [5.74, 6) is 0.495. The summed E-state index contributed by atoms with van der Waals surface area (Å²) in [6, 6.07) is 8.23. The van der Waals surface area contributed by atoms with Crippen LogP contribution in [0.1, 0.15) is 18.7 Å². The quantitative estimate of drug-likeness (QED) is 0.262. The van der Waals surface area contributed by atoms with Crippen LogP contribution in [-0.2, 0) is 11.2 Å². The van der Waals surface area contributed by atoms with Gasteiger partial charge in [-0.05, 0) is 18.6 Å². The normalized spacial score (nSPS) is 22.9. The molecule has 5 rings (SSSR count). The number of H-pyrrole nitrogens is 1. The van der Waals surface area contributed by atoms with E-state index < -0.39 is 31.1 Å². The van der Waals surface area contributed by atoms with Gasteiger partial charge in [0.25, 0.3) is 0 Å². The summed E-state index contributed by atoms with van der Waals surface area (Å²) in [6.07, 6.45) is -0.219. The Hall–Kier alpha value is -3.25. The number of aliphatic hydroxyl groups is 3. The number of imidazole rings is 1. The highest BCUT2D eigenvalue weighted by Crippen LogP contribution is 2.33. The number of hydrogen-bond acceptors (Lipinski definition) is 9. The predicted molar refractivity (Wildman–Crippen MR) is 120 cm³/mol. The molecule has 4 atom stereocenters. The van der Waals surface area contributed by atoms with Crippen molar-refractivity contribution in [1.29, 1.82) is 0 Å². The van der Waals surface area contributed by atoms with E-state index >= 15 is 0 Å². The van der Waals surface area contributed by atoms with Crippen molar-refractivity contribution in [2.45, 2.75) is 37.9 Å². The summed E-state index contributed by atoms with van der Waals surface area (Å²) in [5.41, 5.74) is 3.08. The molecule has 0 bridgehead atoms. The van der Waals surface area contributed by atoms with E-state index in [0.29, 0.717) is 36.6 Å². The second-order valence-corrected chi connectivity index (χ2v) is 7.90. The molecule has 1 saturated heterocycles. The topological polar surface area (TPSA) is 151 Å². The average molecular weight is 454 g/mol. The fourth-order valence-electron chi connectivity index (χ4n) is 4.14. The first-order valence-electron chi connectivity index (χ1n) is 10.9. The number of aromatic nitrogens is 5. The van der Waals surface area contributed by atoms with Crippen molar-refractivity contribution in [1.82, 2.24) is 24.5 Å². The molecule has 3 aromatic heterocycles. The molecule has 11 heteroatoms. The molecule has 0 aliphatic carbocycles. The Kier molecular flexibility index (Phi) is 5.85. The SMILES string of the molecule is CCNc1nc(OCCc2c[nH]c3ccccc23)nc2c1ncn2[C@@H]1O[C@H](CO)[C@@H](O)[C@H]1O. The minimum absolute atomic E-state index is 0.159. The zero-order valence-electron chi connectivity index (χ0n) is 18.0. The molecule has 33 heavy (non-hydrogen) atoms. The Balaban J connectivity index is 1.41. The Morgan fingerprint density at radius 2 is 2.06 bits per heavy atom. The molecule has 5 N–H and O–H groups in total. The Labute approximate surface area is 189 Å². The van der Waals surface area contributed by atoms with Gasteiger partial charge in [-0.1, -0.05) is 18.2 Å². The molecule has 4 heterocycles. The highest BCUT2D eigenvalue weighted by Gasteiger charge is 2.44. The van der Waals surface area contributed by atoms with Gasteiger partial charge < -0.3 is 35.1 Å². The Bertz CT molecular complexity index is 1260. The maximum absolute atomic E-state index is 10.4. The third-order valence-electron chi connectivity index (χ3n) is 5.81. The van der Waals surface area contributed by atoms with Crippen molar-refractivity contribution in [3.63, 3.8) is 0 Å². The van der Waals surface area contributed by atoms with Crippen LogP contribution in [0.25, 0.3) is 22.1 Å². The smallest absolute Gasteiger partial charge is 0.320 e. The lowest BCUT2D eigenvalue weighted by Gasteiger charge is -2.17. The van der Waals surface area contributed by atoms with E-state index in [4.69, 9.17) is 9.47 Å². The van der Waals surface area contributed by atoms with Gasteiger partial charge in [0.15, 0.2) is 23.2 Å². The lowest BCUT2D eigenvalue weighted by atomic mass is 10.1. The summed E-state index contributed by atoms with van der Waals surface area (Å²) in [6.45, 7) is 2.50. The summed E-state index contributed by atoms with van der Waals surface area (Å²) in [7, 11) is 0. The van der Waals surface area contributed by atoms with Crippen molar-refractivity contribution in [3.8, 4) is 6.01 Å². The number of anilines is 1. The van der Waals surface area contributed by atoms with Gasteiger partial charge in [0.1, 0.15) is 18.3 Å². The monoisotopic (exact) mass is 454 g/mol. The molecular weight excluding hydrogens is 428 g/mol. The zero-order chi connectivity index (χ0) is 22.9. The number of aromatic amines is 1. The molecule has 0 amide bonds. The third kappa shape index (κ3) is 3.89. The number of nitrogens with zero attached hydrogens (tertiary/aromatic N) is 4. The van der Waals surface area contributed by atoms with Crippen LogP contribution in [0.4, 0.5) is 5.82 Å². The number of nitrogens with one attached hydrogen (secondary N) is 2. The van der Waals surface area contributed by atoms with Crippen LogP contribution >= 0.6 is 0 Å². The van der Waals surface area contributed by atoms with E-state index in [1.54, 1.807) is 0 Å². The molecule has 11 nitrogen and oxygen atoms in total. The molecule has 1 aliphatic rings. The van der Waals surface area contributed by atoms with Crippen molar-refractivity contribution >= 4 is 27.9 Å². The van der Waals surface area contributed by atoms with Crippen LogP contribution in [0, 0.1) is 0 Å². The number of hydrogen-bond donors (Lipinski definition) is 5. The number of benzene rings is 1. The van der Waals surface area contributed by atoms with Crippen molar-refractivity contribution < 1.29 is 24.8 Å². The lowest BCUT2D eigenvalue weighted by molar-refractivity contribution is -0.0511. The molecule has 174 valence electrons. The molecule has 1 fully saturated rings. The van der Waals surface area contributed by atoms with Gasteiger partial charge in [-0.2, -0.15) is 9.97 Å². The first kappa shape index (κ1) is 21.6. The number of para-hydroxylation sites is 1. The summed E-state index contributed by atoms with van der Waals surface area (Å²) in [4.78, 5) is 16.6. The average Bonchev–Trinajstić information content (AvgIpc) is 3.51. The number of fused-ring (bicyclic) bond motifs is 2. The molecule has 0 unspecified atom stereocenters. The van der Waals surface area contributed by atoms with Crippen molar-refractivity contribution in [2.24, 2.45) is 0 Å². The molecule has 0 saturated carbocycles. The fraction of sp³-hybridized carbons (Fsp3) is 0.409. The van der Waals surface area contributed by atoms with Crippen LogP contribution < -0.4 is 10.1 Å². The van der Waals surface area contributed by atoms with E-state index in [9.17, 15) is 15.3 Å². The zero-order valence-corrected chi connectivity index (χ0v) is 18.0. The second kappa shape index (κ2) is 8.94. The van der Waals surface area contributed by atoms with Crippen molar-refractivity contribution in [3.05, 3.63) is 42.4 Å². The minimum atomic E-state index is -1.25. The molecule has 0 radical (unpaired) electrons. The van der Waals surface area contributed by atoms with E-state index in [2.05, 4.69) is 31.3 Å². The summed E-state index contributed by atoms with van der Waals surface area (Å²) in [5, 5.41) is 34.3. The molecule has 0 spiro atoms. The Morgan fingerprint density at radius 1 is 1.21 bits per heavy atom. The number of ether oxygens (including phenoxy) is 2. The van der Waals surface area contributed by atoms with E-state index in [-0.39, 0.29) is 6.01 Å². The van der Waals surface area contributed by atoms with Crippen LogP contribution in [0.3, 0.4) is 0 Å². The van der Waals surface area contributed by atoms with Gasteiger partial charge in [0, 0.05) is 30.1 Å². The van der Waals surface area contributed by atoms with Gasteiger partial charge in [0.2, 0.25) is 0 Å². The van der Waals surface area contributed by atoms with Gasteiger partial charge in [-0.3, -0.25) is 4.57 Å². The largest absolute Gasteiger partial charge is 0.463 e. The molecular formula is C22H26N6O5. The van der Waals surface area contributed by atoms with Crippen LogP contribution in [0.2, 0.25) is 0 Å². The van der Waals surface area contributed by atoms with E-state index in [1.165, 1.54) is 10.9 Å². The van der Waals surface area contributed by atoms with E-state index in [0.717, 1.165) is 16.5 Å². The lowest BCUT2D eigenvalue weighted by Crippen LogP contribution is -2.33. The van der Waals surface area contributed by atoms with Gasteiger partial charge in [-0.25, -0.2) is 4.98 Å². The van der Waals surface area contributed by atoms with Gasteiger partial charge in [0.05, 0.1) is 19.5 Å². The number of aliphatic hydroxyl groups excluding tert-OH is 3. The maximum atomic E-state index is 10.4. The standard InChI is InChI=1S/C22H26N6O5/c1-2-23-19-16-20(28(11-25-16)21-18(31)17(30)15(10-29)33-21)27-22(26-19)32-8-7-12-9-24-14-6-4-3-5-13(12)14/h3-6,9,11,15,17-18,21,24,29-31H,2,7-8,10H2,1H3,(H,23,26,27)/t15-,17-,18-,21-/m1/s1. The molecule has 4 aromatic rings. The summed E-state index contributed by atoms with van der Waals surface area (Å²) < 4.78 is 13.1. The molecule has 1 aromatic carbocycles. The highest BCUT2D eigenvalue weighted by atomic mass is 16.6. The van der Waals surface area contributed by atoms with E-state index in [1.807, 2.05) is 31.3 Å². The predicted octanol–water partition coefficient (Wildman–Crippen LogP) is 0.972. The second-order valence-electron chi connectivity index (χ2n) is 7.90. The Morgan fingerprint density at radius 3 is 2.85 bits per heavy atom. The van der Waals surface area contributed by atoms with Crippen LogP contribution in [0.15, 0.2) is 36.8 Å². The minimum Gasteiger partial charge on any atom is -0.463 e. The first-order chi connectivity index (χ1) is 16.1. The maximum Gasteiger partial charge on any atom is 0.320 e. The van der Waals surface area contributed by atoms with Gasteiger partial charge >= 0.3 is 6.01 Å². The van der Waals surface area contributed by atoms with Crippen LogP contribution in [0.5, 0.6) is 6.01 Å².